The number of esters is 1. The molecule has 6 nitrogen and oxygen atoms in total. The molecule has 6 atom stereocenters. The Bertz CT molecular complexity index is 986. The van der Waals surface area contributed by atoms with E-state index in [1.54, 1.807) is 30.3 Å². The van der Waals surface area contributed by atoms with Crippen LogP contribution >= 0.6 is 0 Å². The lowest BCUT2D eigenvalue weighted by Crippen LogP contribution is -2.40. The van der Waals surface area contributed by atoms with Crippen LogP contribution in [-0.4, -0.2) is 17.8 Å². The summed E-state index contributed by atoms with van der Waals surface area (Å²) in [5, 5.41) is 0. The molecule has 2 amide bonds. The molecule has 7 rings (SSSR count). The van der Waals surface area contributed by atoms with Gasteiger partial charge in [0.25, 0.3) is 0 Å². The number of carbonyl (C=O) groups is 3. The second-order valence-corrected chi connectivity index (χ2v) is 8.03. The Labute approximate surface area is 160 Å². The number of nitrogens with zero attached hydrogens (tertiary/aromatic N) is 1. The maximum absolute atomic E-state index is 13.1. The molecule has 4 aliphatic carbocycles. The molecule has 0 spiro atoms. The standard InChI is InChI=1S/C22H17NO5/c24-20-18-13-7-8-14(16-10-15(13)16)19(18)21(25)23(20)11-3-5-12(6-4-11)28-22(26)17-2-1-9-27-17/h1-9,13-16,18-19H,10H2/t13-,14+,15+,16-,18-,19+. The van der Waals surface area contributed by atoms with Crippen molar-refractivity contribution in [2.45, 2.75) is 6.42 Å². The Balaban J connectivity index is 1.25. The molecule has 0 unspecified atom stereocenters. The van der Waals surface area contributed by atoms with E-state index in [2.05, 4.69) is 12.2 Å². The number of hydrogen-bond donors (Lipinski definition) is 0. The summed E-state index contributed by atoms with van der Waals surface area (Å²) in [6, 6.07) is 9.59. The van der Waals surface area contributed by atoms with Crippen molar-refractivity contribution in [1.82, 2.24) is 0 Å². The molecule has 6 heteroatoms. The molecule has 3 fully saturated rings. The molecule has 0 N–H and O–H groups in total. The van der Waals surface area contributed by atoms with Crippen LogP contribution in [0.4, 0.5) is 5.69 Å². The van der Waals surface area contributed by atoms with Gasteiger partial charge in [-0.15, -0.1) is 0 Å². The van der Waals surface area contributed by atoms with Crippen molar-refractivity contribution in [3.8, 4) is 5.75 Å². The second kappa shape index (κ2) is 5.44. The molecule has 1 aromatic carbocycles. The van der Waals surface area contributed by atoms with E-state index in [1.165, 1.54) is 17.2 Å². The van der Waals surface area contributed by atoms with E-state index >= 15 is 0 Å². The van der Waals surface area contributed by atoms with Gasteiger partial charge in [0.2, 0.25) is 17.6 Å². The van der Waals surface area contributed by atoms with Crippen molar-refractivity contribution >= 4 is 23.5 Å². The van der Waals surface area contributed by atoms with Gasteiger partial charge in [-0.1, -0.05) is 12.2 Å². The smallest absolute Gasteiger partial charge is 0.379 e. The van der Waals surface area contributed by atoms with Gasteiger partial charge in [0.15, 0.2) is 0 Å². The summed E-state index contributed by atoms with van der Waals surface area (Å²) in [5.41, 5.74) is 0.523. The Morgan fingerprint density at radius 3 is 2.18 bits per heavy atom. The summed E-state index contributed by atoms with van der Waals surface area (Å²) >= 11 is 0. The predicted octanol–water partition coefficient (Wildman–Crippen LogP) is 3.06. The van der Waals surface area contributed by atoms with Crippen molar-refractivity contribution in [3.63, 3.8) is 0 Å². The third kappa shape index (κ3) is 2.06. The van der Waals surface area contributed by atoms with Gasteiger partial charge < -0.3 is 9.15 Å². The minimum Gasteiger partial charge on any atom is -0.457 e. The molecule has 2 heterocycles. The summed E-state index contributed by atoms with van der Waals surface area (Å²) in [6.07, 6.45) is 6.86. The molecule has 140 valence electrons. The van der Waals surface area contributed by atoms with E-state index in [9.17, 15) is 14.4 Å². The maximum Gasteiger partial charge on any atom is 0.379 e. The van der Waals surface area contributed by atoms with Gasteiger partial charge in [-0.2, -0.15) is 0 Å². The summed E-state index contributed by atoms with van der Waals surface area (Å²) in [5.74, 6) is 0.770. The Hall–Kier alpha value is -3.15. The van der Waals surface area contributed by atoms with E-state index in [0.717, 1.165) is 6.42 Å². The Morgan fingerprint density at radius 1 is 0.964 bits per heavy atom. The first-order valence-electron chi connectivity index (χ1n) is 9.55. The lowest BCUT2D eigenvalue weighted by atomic mass is 9.63. The third-order valence-corrected chi connectivity index (χ3v) is 6.69. The van der Waals surface area contributed by atoms with Gasteiger partial charge in [0.1, 0.15) is 5.75 Å². The average molecular weight is 375 g/mol. The van der Waals surface area contributed by atoms with Gasteiger partial charge in [-0.25, -0.2) is 4.79 Å². The van der Waals surface area contributed by atoms with Gasteiger partial charge in [0.05, 0.1) is 23.8 Å². The molecule has 5 aliphatic rings. The summed E-state index contributed by atoms with van der Waals surface area (Å²) < 4.78 is 10.3. The Kier molecular flexibility index (Phi) is 3.08. The molecule has 1 aliphatic heterocycles. The van der Waals surface area contributed by atoms with Crippen molar-refractivity contribution in [2.75, 3.05) is 4.90 Å². The van der Waals surface area contributed by atoms with Crippen LogP contribution in [0.15, 0.2) is 59.2 Å². The van der Waals surface area contributed by atoms with Crippen LogP contribution in [0.1, 0.15) is 17.0 Å². The van der Waals surface area contributed by atoms with Gasteiger partial charge in [-0.3, -0.25) is 14.5 Å². The molecule has 28 heavy (non-hydrogen) atoms. The highest BCUT2D eigenvalue weighted by atomic mass is 16.5. The lowest BCUT2D eigenvalue weighted by molar-refractivity contribution is -0.124. The van der Waals surface area contributed by atoms with Crippen LogP contribution in [0, 0.1) is 35.5 Å². The number of ether oxygens (including phenoxy) is 1. The van der Waals surface area contributed by atoms with Crippen LogP contribution in [-0.2, 0) is 9.59 Å². The topological polar surface area (TPSA) is 76.8 Å². The van der Waals surface area contributed by atoms with Crippen molar-refractivity contribution < 1.29 is 23.5 Å². The highest BCUT2D eigenvalue weighted by Gasteiger charge is 2.67. The average Bonchev–Trinajstić information content (AvgIpc) is 3.27. The number of hydrogen-bond acceptors (Lipinski definition) is 5. The quantitative estimate of drug-likeness (QED) is 0.357. The zero-order valence-electron chi connectivity index (χ0n) is 14.9. The fourth-order valence-electron chi connectivity index (χ4n) is 5.43. The van der Waals surface area contributed by atoms with Crippen LogP contribution in [0.2, 0.25) is 0 Å². The fourth-order valence-corrected chi connectivity index (χ4v) is 5.43. The first-order chi connectivity index (χ1) is 13.6. The van der Waals surface area contributed by atoms with E-state index in [0.29, 0.717) is 23.3 Å². The van der Waals surface area contributed by atoms with Gasteiger partial charge >= 0.3 is 5.97 Å². The first-order valence-corrected chi connectivity index (χ1v) is 9.55. The zero-order valence-corrected chi connectivity index (χ0v) is 14.9. The van der Waals surface area contributed by atoms with Crippen LogP contribution < -0.4 is 9.64 Å². The van der Waals surface area contributed by atoms with Crippen LogP contribution in [0.5, 0.6) is 5.75 Å². The number of carbonyl (C=O) groups excluding carboxylic acids is 3. The first kappa shape index (κ1) is 15.9. The number of furan rings is 1. The number of amides is 2. The lowest BCUT2D eigenvalue weighted by Gasteiger charge is -2.37. The molecule has 1 saturated heterocycles. The number of allylic oxidation sites excluding steroid dienone is 2. The molecule has 2 saturated carbocycles. The van der Waals surface area contributed by atoms with E-state index in [1.807, 2.05) is 0 Å². The number of benzene rings is 1. The SMILES string of the molecule is O=C(Oc1ccc(N2C(=O)[C@@H]3[C@@H]4C=C[C@@H]([C@H]5C[C@@H]45)[C@@H]3C2=O)cc1)c1ccco1. The minimum atomic E-state index is -0.598. The molecule has 2 aromatic rings. The molecule has 2 bridgehead atoms. The van der Waals surface area contributed by atoms with Crippen molar-refractivity contribution in [2.24, 2.45) is 35.5 Å². The monoisotopic (exact) mass is 375 g/mol. The van der Waals surface area contributed by atoms with Crippen LogP contribution in [0.3, 0.4) is 0 Å². The number of anilines is 1. The minimum absolute atomic E-state index is 0.0972. The maximum atomic E-state index is 13.1. The van der Waals surface area contributed by atoms with Gasteiger partial charge in [-0.05, 0) is 66.5 Å². The highest BCUT2D eigenvalue weighted by molar-refractivity contribution is 6.22. The highest BCUT2D eigenvalue weighted by Crippen LogP contribution is 2.65. The summed E-state index contributed by atoms with van der Waals surface area (Å²) in [6.45, 7) is 0. The van der Waals surface area contributed by atoms with E-state index in [-0.39, 0.29) is 41.2 Å². The third-order valence-electron chi connectivity index (χ3n) is 6.69. The summed E-state index contributed by atoms with van der Waals surface area (Å²) in [4.78, 5) is 39.5. The predicted molar refractivity (Wildman–Crippen MR) is 97.3 cm³/mol. The van der Waals surface area contributed by atoms with Crippen molar-refractivity contribution in [3.05, 3.63) is 60.6 Å². The molecular formula is C22H17NO5. The van der Waals surface area contributed by atoms with Gasteiger partial charge in [0, 0.05) is 0 Å². The largest absolute Gasteiger partial charge is 0.457 e. The molecular weight excluding hydrogens is 358 g/mol. The van der Waals surface area contributed by atoms with Crippen LogP contribution in [0.25, 0.3) is 0 Å². The molecule has 0 radical (unpaired) electrons. The normalized spacial score (nSPS) is 34.4. The number of rotatable bonds is 3. The Morgan fingerprint density at radius 2 is 1.61 bits per heavy atom. The summed E-state index contributed by atoms with van der Waals surface area (Å²) in [7, 11) is 0. The van der Waals surface area contributed by atoms with E-state index in [4.69, 9.17) is 9.15 Å². The second-order valence-electron chi connectivity index (χ2n) is 8.03. The zero-order chi connectivity index (χ0) is 19.0. The molecule has 1 aromatic heterocycles. The number of imide groups is 1. The fraction of sp³-hybridized carbons (Fsp3) is 0.318. The van der Waals surface area contributed by atoms with Crippen molar-refractivity contribution in [1.29, 1.82) is 0 Å². The van der Waals surface area contributed by atoms with E-state index < -0.39 is 5.97 Å².